The Labute approximate surface area is 255 Å². The average molecular weight is 607 g/mol. The lowest BCUT2D eigenvalue weighted by molar-refractivity contribution is -0.120. The third-order valence-electron chi connectivity index (χ3n) is 7.28. The minimum Gasteiger partial charge on any atom is -0.439 e. The van der Waals surface area contributed by atoms with Gasteiger partial charge >= 0.3 is 6.09 Å². The van der Waals surface area contributed by atoms with Gasteiger partial charge in [-0.25, -0.2) is 4.79 Å². The molecule has 2 aliphatic rings. The van der Waals surface area contributed by atoms with Gasteiger partial charge in [0.1, 0.15) is 0 Å². The zero-order valence-electron chi connectivity index (χ0n) is 26.7. The van der Waals surface area contributed by atoms with Gasteiger partial charge in [-0.2, -0.15) is 0 Å². The number of amides is 2. The van der Waals surface area contributed by atoms with Crippen LogP contribution in [0.3, 0.4) is 0 Å². The van der Waals surface area contributed by atoms with Crippen molar-refractivity contribution in [3.63, 3.8) is 0 Å². The third kappa shape index (κ3) is 12.4. The molecule has 2 rings (SSSR count). The number of likely N-dealkylation sites (N-methyl/N-ethyl adjacent to an activating group) is 1. The van der Waals surface area contributed by atoms with Crippen LogP contribution in [0.2, 0.25) is 0 Å². The lowest BCUT2D eigenvalue weighted by Crippen LogP contribution is -2.37. The van der Waals surface area contributed by atoms with Crippen molar-refractivity contribution in [1.29, 1.82) is 0 Å². The molecule has 3 atom stereocenters. The number of hydrogen-bond acceptors (Lipinski definition) is 10. The van der Waals surface area contributed by atoms with E-state index in [1.54, 1.807) is 20.1 Å². The molecule has 0 aromatic rings. The number of carbonyl (C=O) groups excluding carboxylic acids is 4. The summed E-state index contributed by atoms with van der Waals surface area (Å²) in [5, 5.41) is 12.8. The number of aliphatic hydroxyl groups is 1. The molecule has 0 fully saturated rings. The lowest BCUT2D eigenvalue weighted by Gasteiger charge is -2.26. The Balaban J connectivity index is 0.00000452. The fourth-order valence-corrected chi connectivity index (χ4v) is 4.88. The van der Waals surface area contributed by atoms with Crippen LogP contribution in [0, 0.1) is 0 Å². The van der Waals surface area contributed by atoms with Gasteiger partial charge in [0, 0.05) is 51.6 Å². The molecule has 0 aromatic heterocycles. The molecule has 1 aliphatic carbocycles. The van der Waals surface area contributed by atoms with E-state index in [9.17, 15) is 19.2 Å². The molecule has 0 saturated heterocycles. The topological polar surface area (TPSA) is 170 Å². The van der Waals surface area contributed by atoms with Gasteiger partial charge in [-0.05, 0) is 78.5 Å². The number of ketones is 2. The molecule has 1 aliphatic heterocycles. The van der Waals surface area contributed by atoms with E-state index in [4.69, 9.17) is 25.1 Å². The molecular formula is C31H50N4O8. The number of nitrogens with one attached hydrogen (secondary N) is 2. The van der Waals surface area contributed by atoms with Gasteiger partial charge in [-0.3, -0.25) is 14.4 Å². The fourth-order valence-electron chi connectivity index (χ4n) is 4.88. The lowest BCUT2D eigenvalue weighted by atomic mass is 9.91. The van der Waals surface area contributed by atoms with Gasteiger partial charge < -0.3 is 40.6 Å². The summed E-state index contributed by atoms with van der Waals surface area (Å²) in [6.45, 7) is 4.68. The van der Waals surface area contributed by atoms with E-state index in [0.29, 0.717) is 69.2 Å². The van der Waals surface area contributed by atoms with Crippen molar-refractivity contribution in [1.82, 2.24) is 15.5 Å². The van der Waals surface area contributed by atoms with E-state index in [1.165, 1.54) is 13.2 Å². The smallest absolute Gasteiger partial charge is 0.405 e. The maximum Gasteiger partial charge on any atom is 0.405 e. The quantitative estimate of drug-likeness (QED) is 0.249. The molecule has 2 bridgehead atoms. The zero-order chi connectivity index (χ0) is 32.5. The standard InChI is InChI=1S/C30H46N4O7.CH4O/c1-19-10-7-12-21(39-5)13-9-14-22-26(32-16-17-34(3)4)24(35)18-23(27(22)36)33-29(37)20(2)11-8-15-25(40-6)28(19)41-30(31)38;1-2/h10-11,18,21,25,28,32H,7-9,12-17H2,1-6H3,(H2,31,38)(H,33,37);2H,1H3/b19-10+,20-11+;/t21-,25?,28?;/m1./s1. The van der Waals surface area contributed by atoms with Gasteiger partial charge in [-0.15, -0.1) is 0 Å². The third-order valence-corrected chi connectivity index (χ3v) is 7.28. The van der Waals surface area contributed by atoms with E-state index in [0.717, 1.165) is 12.7 Å². The molecular weight excluding hydrogens is 556 g/mol. The summed E-state index contributed by atoms with van der Waals surface area (Å²) in [5.74, 6) is -1.18. The van der Waals surface area contributed by atoms with Gasteiger partial charge in [0.25, 0.3) is 5.91 Å². The summed E-state index contributed by atoms with van der Waals surface area (Å²) < 4.78 is 16.7. The number of hydrogen-bond donors (Lipinski definition) is 4. The van der Waals surface area contributed by atoms with Crippen molar-refractivity contribution in [3.8, 4) is 0 Å². The van der Waals surface area contributed by atoms with Crippen LogP contribution in [0.4, 0.5) is 4.79 Å². The van der Waals surface area contributed by atoms with Gasteiger partial charge in [0.2, 0.25) is 11.6 Å². The van der Waals surface area contributed by atoms with Gasteiger partial charge in [0.05, 0.1) is 23.6 Å². The second-order valence-corrected chi connectivity index (χ2v) is 10.7. The molecule has 12 heteroatoms. The molecule has 242 valence electrons. The summed E-state index contributed by atoms with van der Waals surface area (Å²) in [7, 11) is 8.03. The van der Waals surface area contributed by atoms with E-state index in [-0.39, 0.29) is 29.1 Å². The van der Waals surface area contributed by atoms with E-state index < -0.39 is 24.2 Å². The number of aliphatic hydroxyl groups excluding tert-OH is 1. The minimum absolute atomic E-state index is 0.0355. The number of rotatable bonds is 7. The number of ether oxygens (including phenoxy) is 3. The first kappa shape index (κ1) is 37.7. The highest BCUT2D eigenvalue weighted by Gasteiger charge is 2.30. The Hall–Kier alpha value is -3.32. The Morgan fingerprint density at radius 1 is 1.07 bits per heavy atom. The zero-order valence-corrected chi connectivity index (χ0v) is 26.7. The van der Waals surface area contributed by atoms with Crippen molar-refractivity contribution in [2.75, 3.05) is 48.5 Å². The molecule has 2 amide bonds. The van der Waals surface area contributed by atoms with E-state index in [2.05, 4.69) is 10.6 Å². The summed E-state index contributed by atoms with van der Waals surface area (Å²) in [6.07, 6.45) is 6.63. The van der Waals surface area contributed by atoms with Crippen molar-refractivity contribution < 1.29 is 38.5 Å². The number of fused-ring (bicyclic) bond motifs is 2. The van der Waals surface area contributed by atoms with Crippen LogP contribution in [0.5, 0.6) is 0 Å². The Bertz CT molecular complexity index is 1090. The first-order valence-electron chi connectivity index (χ1n) is 14.5. The number of nitrogens with two attached hydrogens (primary N) is 1. The van der Waals surface area contributed by atoms with Crippen LogP contribution in [0.15, 0.2) is 46.3 Å². The predicted octanol–water partition coefficient (Wildman–Crippen LogP) is 2.28. The largest absolute Gasteiger partial charge is 0.439 e. The monoisotopic (exact) mass is 606 g/mol. The number of Topliss-reactive ketones (excluding diaryl/α,β-unsaturated/α-hetero) is 1. The highest BCUT2D eigenvalue weighted by molar-refractivity contribution is 6.23. The number of allylic oxidation sites excluding steroid dienone is 4. The van der Waals surface area contributed by atoms with Crippen molar-refractivity contribution in [2.45, 2.75) is 77.1 Å². The van der Waals surface area contributed by atoms with Crippen molar-refractivity contribution in [3.05, 3.63) is 46.3 Å². The molecule has 0 spiro atoms. The molecule has 0 radical (unpaired) electrons. The van der Waals surface area contributed by atoms with Crippen LogP contribution >= 0.6 is 0 Å². The number of nitrogens with zero attached hydrogens (tertiary/aromatic N) is 1. The average Bonchev–Trinajstić information content (AvgIpc) is 2.97. The summed E-state index contributed by atoms with van der Waals surface area (Å²) >= 11 is 0. The van der Waals surface area contributed by atoms with Gasteiger partial charge in [-0.1, -0.05) is 12.2 Å². The molecule has 0 aromatic carbocycles. The normalized spacial score (nSPS) is 25.4. The maximum atomic E-state index is 13.5. The number of methoxy groups -OCH3 is 2. The molecule has 1 heterocycles. The molecule has 2 unspecified atom stereocenters. The summed E-state index contributed by atoms with van der Waals surface area (Å²) in [6, 6.07) is 0. The van der Waals surface area contributed by atoms with E-state index >= 15 is 0 Å². The molecule has 12 nitrogen and oxygen atoms in total. The number of carbonyl (C=O) groups is 4. The van der Waals surface area contributed by atoms with Crippen LogP contribution in [-0.4, -0.2) is 100 Å². The Kier molecular flexibility index (Phi) is 17.4. The van der Waals surface area contributed by atoms with Gasteiger partial charge in [0.15, 0.2) is 6.10 Å². The molecule has 0 saturated carbocycles. The Morgan fingerprint density at radius 2 is 1.74 bits per heavy atom. The van der Waals surface area contributed by atoms with Crippen LogP contribution in [0.1, 0.15) is 58.8 Å². The van der Waals surface area contributed by atoms with Crippen LogP contribution in [-0.2, 0) is 28.6 Å². The first-order valence-corrected chi connectivity index (χ1v) is 14.5. The molecule has 5 N–H and O–H groups in total. The van der Waals surface area contributed by atoms with Crippen molar-refractivity contribution in [2.24, 2.45) is 5.73 Å². The number of primary amides is 1. The first-order chi connectivity index (χ1) is 20.5. The second-order valence-electron chi connectivity index (χ2n) is 10.7. The molecule has 43 heavy (non-hydrogen) atoms. The highest BCUT2D eigenvalue weighted by atomic mass is 16.6. The predicted molar refractivity (Wildman–Crippen MR) is 164 cm³/mol. The van der Waals surface area contributed by atoms with Crippen molar-refractivity contribution >= 4 is 23.6 Å². The highest BCUT2D eigenvalue weighted by Crippen LogP contribution is 2.25. The van der Waals surface area contributed by atoms with E-state index in [1.807, 2.05) is 32.0 Å². The van der Waals surface area contributed by atoms with Crippen LogP contribution < -0.4 is 16.4 Å². The minimum atomic E-state index is -0.896. The fraction of sp³-hybridized carbons (Fsp3) is 0.613. The second kappa shape index (κ2) is 19.8. The summed E-state index contributed by atoms with van der Waals surface area (Å²) in [5.41, 5.74) is 7.15. The summed E-state index contributed by atoms with van der Waals surface area (Å²) in [4.78, 5) is 53.2. The maximum absolute atomic E-state index is 13.5. The SMILES string of the molecule is CO.COC1CC/C=C(\C)C(=O)NC2=CC(=O)C(NCCN(C)C)=C(CCC[C@H](OC)CC/C=C(\C)C1OC(N)=O)C2=O. The van der Waals surface area contributed by atoms with Crippen LogP contribution in [0.25, 0.3) is 0 Å². The Morgan fingerprint density at radius 3 is 2.35 bits per heavy atom.